The molecule has 88 valence electrons. The number of nitrogens with two attached hydrogens (primary N) is 1. The molecule has 0 aliphatic heterocycles. The number of amides is 1. The quantitative estimate of drug-likeness (QED) is 0.855. The fraction of sp³-hybridized carbons (Fsp3) is 0.364. The Labute approximate surface area is 98.8 Å². The van der Waals surface area contributed by atoms with Gasteiger partial charge in [-0.05, 0) is 18.6 Å². The van der Waals surface area contributed by atoms with E-state index in [2.05, 4.69) is 5.32 Å². The Hall–Kier alpha value is -1.13. The van der Waals surface area contributed by atoms with Gasteiger partial charge in [0, 0.05) is 0 Å². The summed E-state index contributed by atoms with van der Waals surface area (Å²) in [6, 6.07) is 3.57. The minimum absolute atomic E-state index is 0.0132. The summed E-state index contributed by atoms with van der Waals surface area (Å²) in [6.07, 6.45) is 1.34. The lowest BCUT2D eigenvalue weighted by atomic mass is 10.1. The number of carbonyl (C=O) groups is 1. The predicted octanol–water partition coefficient (Wildman–Crippen LogP) is 2.55. The first kappa shape index (κ1) is 12.9. The summed E-state index contributed by atoms with van der Waals surface area (Å²) in [5.74, 6) is -0.988. The van der Waals surface area contributed by atoms with Gasteiger partial charge in [-0.15, -0.1) is 0 Å². The summed E-state index contributed by atoms with van der Waals surface area (Å²) in [5.41, 5.74) is 5.58. The van der Waals surface area contributed by atoms with Crippen LogP contribution in [0, 0.1) is 5.82 Å². The molecule has 1 aromatic carbocycles. The molecule has 1 atom stereocenters. The van der Waals surface area contributed by atoms with Crippen molar-refractivity contribution in [2.45, 2.75) is 25.8 Å². The molecule has 1 rings (SSSR count). The van der Waals surface area contributed by atoms with Crippen LogP contribution in [-0.2, 0) is 4.79 Å². The minimum Gasteiger partial charge on any atom is -0.321 e. The highest BCUT2D eigenvalue weighted by molar-refractivity contribution is 6.33. The number of rotatable bonds is 4. The van der Waals surface area contributed by atoms with Crippen LogP contribution in [0.2, 0.25) is 5.02 Å². The maximum absolute atomic E-state index is 13.3. The molecule has 0 saturated carbocycles. The van der Waals surface area contributed by atoms with Gasteiger partial charge in [-0.2, -0.15) is 0 Å². The molecule has 0 aromatic heterocycles. The van der Waals surface area contributed by atoms with Crippen LogP contribution >= 0.6 is 11.6 Å². The number of carbonyl (C=O) groups excluding carboxylic acids is 1. The minimum atomic E-state index is -0.638. The average Bonchev–Trinajstić information content (AvgIpc) is 2.23. The number of nitrogens with one attached hydrogen (secondary N) is 1. The molecule has 3 N–H and O–H groups in total. The number of benzene rings is 1. The summed E-state index contributed by atoms with van der Waals surface area (Å²) >= 11 is 5.76. The summed E-state index contributed by atoms with van der Waals surface area (Å²) in [5, 5.41) is 2.56. The largest absolute Gasteiger partial charge is 0.321 e. The SMILES string of the molecule is CCC[C@H](N)C(=O)Nc1c(F)cccc1Cl. The zero-order valence-electron chi connectivity index (χ0n) is 8.97. The van der Waals surface area contributed by atoms with E-state index in [-0.39, 0.29) is 10.7 Å². The Morgan fingerprint density at radius 1 is 1.62 bits per heavy atom. The zero-order chi connectivity index (χ0) is 12.1. The van der Waals surface area contributed by atoms with Crippen LogP contribution in [0.25, 0.3) is 0 Å². The Morgan fingerprint density at radius 2 is 2.31 bits per heavy atom. The van der Waals surface area contributed by atoms with Gasteiger partial charge in [-0.3, -0.25) is 4.79 Å². The smallest absolute Gasteiger partial charge is 0.241 e. The molecule has 1 amide bonds. The molecule has 16 heavy (non-hydrogen) atoms. The first-order chi connectivity index (χ1) is 7.56. The summed E-state index contributed by atoms with van der Waals surface area (Å²) < 4.78 is 13.3. The van der Waals surface area contributed by atoms with E-state index in [4.69, 9.17) is 17.3 Å². The van der Waals surface area contributed by atoms with E-state index in [0.29, 0.717) is 6.42 Å². The Balaban J connectivity index is 2.77. The molecule has 1 aromatic rings. The second-order valence-electron chi connectivity index (χ2n) is 3.48. The third kappa shape index (κ3) is 3.18. The maximum atomic E-state index is 13.3. The number of anilines is 1. The molecule has 0 radical (unpaired) electrons. The van der Waals surface area contributed by atoms with Gasteiger partial charge in [0.2, 0.25) is 5.91 Å². The summed E-state index contributed by atoms with van der Waals surface area (Å²) in [7, 11) is 0. The molecular weight excluding hydrogens is 231 g/mol. The highest BCUT2D eigenvalue weighted by atomic mass is 35.5. The van der Waals surface area contributed by atoms with Crippen molar-refractivity contribution in [3.63, 3.8) is 0 Å². The van der Waals surface area contributed by atoms with Gasteiger partial charge < -0.3 is 11.1 Å². The van der Waals surface area contributed by atoms with Crippen LogP contribution in [0.4, 0.5) is 10.1 Å². The highest BCUT2D eigenvalue weighted by Crippen LogP contribution is 2.24. The Morgan fingerprint density at radius 3 is 2.88 bits per heavy atom. The third-order valence-electron chi connectivity index (χ3n) is 2.15. The van der Waals surface area contributed by atoms with E-state index in [0.717, 1.165) is 6.42 Å². The van der Waals surface area contributed by atoms with Crippen LogP contribution < -0.4 is 11.1 Å². The molecule has 5 heteroatoms. The van der Waals surface area contributed by atoms with Gasteiger partial charge in [-0.25, -0.2) is 4.39 Å². The maximum Gasteiger partial charge on any atom is 0.241 e. The number of hydrogen-bond donors (Lipinski definition) is 2. The predicted molar refractivity (Wildman–Crippen MR) is 62.9 cm³/mol. The molecule has 0 fully saturated rings. The van der Waals surface area contributed by atoms with Crippen molar-refractivity contribution in [3.8, 4) is 0 Å². The van der Waals surface area contributed by atoms with E-state index >= 15 is 0 Å². The van der Waals surface area contributed by atoms with Crippen molar-refractivity contribution >= 4 is 23.2 Å². The molecule has 0 unspecified atom stereocenters. The lowest BCUT2D eigenvalue weighted by Crippen LogP contribution is -2.35. The Bertz CT molecular complexity index is 364. The van der Waals surface area contributed by atoms with Crippen molar-refractivity contribution in [1.29, 1.82) is 0 Å². The first-order valence-electron chi connectivity index (χ1n) is 5.06. The fourth-order valence-corrected chi connectivity index (χ4v) is 1.49. The van der Waals surface area contributed by atoms with Crippen molar-refractivity contribution in [2.75, 3.05) is 5.32 Å². The number of para-hydroxylation sites is 1. The van der Waals surface area contributed by atoms with E-state index in [1.165, 1.54) is 18.2 Å². The molecule has 0 heterocycles. The van der Waals surface area contributed by atoms with Gasteiger partial charge in [-0.1, -0.05) is 31.0 Å². The van der Waals surface area contributed by atoms with E-state index in [1.54, 1.807) is 0 Å². The highest BCUT2D eigenvalue weighted by Gasteiger charge is 2.15. The van der Waals surface area contributed by atoms with Crippen molar-refractivity contribution in [3.05, 3.63) is 29.0 Å². The third-order valence-corrected chi connectivity index (χ3v) is 2.46. The molecule has 0 saturated heterocycles. The van der Waals surface area contributed by atoms with Gasteiger partial charge in [0.15, 0.2) is 0 Å². The second kappa shape index (κ2) is 5.82. The molecule has 3 nitrogen and oxygen atoms in total. The lowest BCUT2D eigenvalue weighted by Gasteiger charge is -2.12. The van der Waals surface area contributed by atoms with E-state index < -0.39 is 17.8 Å². The number of halogens is 2. The monoisotopic (exact) mass is 244 g/mol. The van der Waals surface area contributed by atoms with Crippen molar-refractivity contribution in [1.82, 2.24) is 0 Å². The van der Waals surface area contributed by atoms with Gasteiger partial charge in [0.1, 0.15) is 5.82 Å². The van der Waals surface area contributed by atoms with E-state index in [9.17, 15) is 9.18 Å². The van der Waals surface area contributed by atoms with Crippen molar-refractivity contribution in [2.24, 2.45) is 5.73 Å². The molecule has 0 aliphatic rings. The first-order valence-corrected chi connectivity index (χ1v) is 5.44. The van der Waals surface area contributed by atoms with Gasteiger partial charge in [0.05, 0.1) is 16.8 Å². The zero-order valence-corrected chi connectivity index (χ0v) is 9.72. The molecule has 0 spiro atoms. The van der Waals surface area contributed by atoms with Crippen LogP contribution in [-0.4, -0.2) is 11.9 Å². The second-order valence-corrected chi connectivity index (χ2v) is 3.89. The summed E-state index contributed by atoms with van der Waals surface area (Å²) in [6.45, 7) is 1.92. The molecular formula is C11H14ClFN2O. The van der Waals surface area contributed by atoms with Gasteiger partial charge in [0.25, 0.3) is 0 Å². The number of hydrogen-bond acceptors (Lipinski definition) is 2. The molecule has 0 bridgehead atoms. The summed E-state index contributed by atoms with van der Waals surface area (Å²) in [4.78, 5) is 11.5. The molecule has 0 aliphatic carbocycles. The fourth-order valence-electron chi connectivity index (χ4n) is 1.28. The van der Waals surface area contributed by atoms with Crippen LogP contribution in [0.1, 0.15) is 19.8 Å². The van der Waals surface area contributed by atoms with Gasteiger partial charge >= 0.3 is 0 Å². The van der Waals surface area contributed by atoms with Crippen molar-refractivity contribution < 1.29 is 9.18 Å². The topological polar surface area (TPSA) is 55.1 Å². The van der Waals surface area contributed by atoms with Crippen LogP contribution in [0.15, 0.2) is 18.2 Å². The average molecular weight is 245 g/mol. The van der Waals surface area contributed by atoms with Crippen LogP contribution in [0.3, 0.4) is 0 Å². The Kier molecular flexibility index (Phi) is 4.71. The standard InChI is InChI=1S/C11H14ClFN2O/c1-2-4-9(14)11(16)15-10-7(12)5-3-6-8(10)13/h3,5-6,9H,2,4,14H2,1H3,(H,15,16)/t9-/m0/s1. The van der Waals surface area contributed by atoms with Crippen LogP contribution in [0.5, 0.6) is 0 Å². The lowest BCUT2D eigenvalue weighted by molar-refractivity contribution is -0.117. The normalized spacial score (nSPS) is 12.2. The van der Waals surface area contributed by atoms with E-state index in [1.807, 2.05) is 6.92 Å².